The molecule has 0 saturated heterocycles. The van der Waals surface area contributed by atoms with Crippen molar-refractivity contribution in [2.45, 2.75) is 25.8 Å². The van der Waals surface area contributed by atoms with E-state index in [0.29, 0.717) is 11.0 Å². The topological polar surface area (TPSA) is 97.6 Å². The lowest BCUT2D eigenvalue weighted by Crippen LogP contribution is -2.42. The third-order valence-corrected chi connectivity index (χ3v) is 3.82. The molecule has 1 aromatic heterocycles. The number of fused-ring (bicyclic) bond motifs is 1. The molecule has 0 atom stereocenters. The van der Waals surface area contributed by atoms with Crippen molar-refractivity contribution >= 4 is 34.5 Å². The number of rotatable bonds is 4. The Labute approximate surface area is 141 Å². The SMILES string of the molecule is Cc1cc(=O)oc2cc(OCC(=O)NC(=O)NC3CC3)c(Cl)cc12. The van der Waals surface area contributed by atoms with Crippen molar-refractivity contribution in [3.63, 3.8) is 0 Å². The molecule has 1 fully saturated rings. The Kier molecular flexibility index (Phi) is 4.44. The summed E-state index contributed by atoms with van der Waals surface area (Å²) < 4.78 is 10.4. The first-order valence-corrected chi connectivity index (χ1v) is 7.77. The second-order valence-electron chi connectivity index (χ2n) is 5.61. The minimum Gasteiger partial charge on any atom is -0.482 e. The molecular weight excluding hydrogens is 336 g/mol. The highest BCUT2D eigenvalue weighted by Gasteiger charge is 2.24. The lowest BCUT2D eigenvalue weighted by atomic mass is 10.1. The van der Waals surface area contributed by atoms with E-state index >= 15 is 0 Å². The van der Waals surface area contributed by atoms with Gasteiger partial charge in [0, 0.05) is 23.6 Å². The molecule has 3 amide bonds. The molecule has 1 aliphatic rings. The maximum Gasteiger partial charge on any atom is 0.336 e. The first-order valence-electron chi connectivity index (χ1n) is 7.39. The van der Waals surface area contributed by atoms with Crippen LogP contribution in [0.4, 0.5) is 4.79 Å². The smallest absolute Gasteiger partial charge is 0.336 e. The molecule has 0 spiro atoms. The van der Waals surface area contributed by atoms with Crippen molar-refractivity contribution in [3.8, 4) is 5.75 Å². The molecule has 8 heteroatoms. The van der Waals surface area contributed by atoms with E-state index in [2.05, 4.69) is 10.6 Å². The van der Waals surface area contributed by atoms with Crippen LogP contribution in [0.15, 0.2) is 27.4 Å². The van der Waals surface area contributed by atoms with Crippen LogP contribution in [0.25, 0.3) is 11.0 Å². The summed E-state index contributed by atoms with van der Waals surface area (Å²) in [5, 5.41) is 5.75. The van der Waals surface area contributed by atoms with Crippen LogP contribution in [-0.4, -0.2) is 24.6 Å². The predicted octanol–water partition coefficient (Wildman–Crippen LogP) is 2.12. The summed E-state index contributed by atoms with van der Waals surface area (Å²) in [5.41, 5.74) is 0.554. The van der Waals surface area contributed by atoms with E-state index in [1.807, 2.05) is 0 Å². The zero-order valence-corrected chi connectivity index (χ0v) is 13.6. The number of carbonyl (C=O) groups is 2. The van der Waals surface area contributed by atoms with Crippen LogP contribution in [-0.2, 0) is 4.79 Å². The summed E-state index contributed by atoms with van der Waals surface area (Å²) in [7, 11) is 0. The molecule has 0 bridgehead atoms. The molecule has 1 aliphatic carbocycles. The Bertz CT molecular complexity index is 873. The summed E-state index contributed by atoms with van der Waals surface area (Å²) in [6.07, 6.45) is 1.85. The normalized spacial score (nSPS) is 13.6. The molecule has 2 N–H and O–H groups in total. The molecule has 2 aromatic rings. The molecule has 126 valence electrons. The summed E-state index contributed by atoms with van der Waals surface area (Å²) in [6, 6.07) is 4.02. The molecule has 0 unspecified atom stereocenters. The van der Waals surface area contributed by atoms with Crippen LogP contribution in [0, 0.1) is 6.92 Å². The first-order chi connectivity index (χ1) is 11.4. The molecule has 24 heavy (non-hydrogen) atoms. The number of imide groups is 1. The molecule has 3 rings (SSSR count). The fourth-order valence-corrected chi connectivity index (χ4v) is 2.40. The van der Waals surface area contributed by atoms with Gasteiger partial charge in [-0.1, -0.05) is 11.6 Å². The summed E-state index contributed by atoms with van der Waals surface area (Å²) >= 11 is 6.13. The second-order valence-corrected chi connectivity index (χ2v) is 6.02. The zero-order valence-electron chi connectivity index (χ0n) is 12.8. The highest BCUT2D eigenvalue weighted by atomic mass is 35.5. The monoisotopic (exact) mass is 350 g/mol. The van der Waals surface area contributed by atoms with Crippen molar-refractivity contribution in [1.82, 2.24) is 10.6 Å². The van der Waals surface area contributed by atoms with Crippen LogP contribution < -0.4 is 21.0 Å². The van der Waals surface area contributed by atoms with E-state index in [9.17, 15) is 14.4 Å². The molecule has 0 radical (unpaired) electrons. The van der Waals surface area contributed by atoms with Gasteiger partial charge in [-0.3, -0.25) is 10.1 Å². The maximum atomic E-state index is 11.7. The van der Waals surface area contributed by atoms with Crippen molar-refractivity contribution in [2.75, 3.05) is 6.61 Å². The minimum absolute atomic E-state index is 0.153. The van der Waals surface area contributed by atoms with Gasteiger partial charge in [-0.25, -0.2) is 9.59 Å². The van der Waals surface area contributed by atoms with Gasteiger partial charge in [0.05, 0.1) is 5.02 Å². The minimum atomic E-state index is -0.602. The molecule has 7 nitrogen and oxygen atoms in total. The van der Waals surface area contributed by atoms with Gasteiger partial charge in [0.1, 0.15) is 11.3 Å². The highest BCUT2D eigenvalue weighted by molar-refractivity contribution is 6.32. The molecular formula is C16H15ClN2O5. The van der Waals surface area contributed by atoms with Crippen LogP contribution in [0.1, 0.15) is 18.4 Å². The van der Waals surface area contributed by atoms with E-state index in [-0.39, 0.29) is 23.4 Å². The number of amides is 3. The molecule has 1 aromatic carbocycles. The number of urea groups is 1. The average molecular weight is 351 g/mol. The van der Waals surface area contributed by atoms with Crippen LogP contribution in [0.2, 0.25) is 5.02 Å². The molecule has 1 heterocycles. The van der Waals surface area contributed by atoms with E-state index in [4.69, 9.17) is 20.8 Å². The lowest BCUT2D eigenvalue weighted by molar-refractivity contribution is -0.122. The number of carbonyl (C=O) groups excluding carboxylic acids is 2. The van der Waals surface area contributed by atoms with E-state index in [0.717, 1.165) is 18.4 Å². The summed E-state index contributed by atoms with van der Waals surface area (Å²) in [6.45, 7) is 1.38. The van der Waals surface area contributed by atoms with Crippen molar-refractivity contribution in [3.05, 3.63) is 39.2 Å². The number of nitrogens with one attached hydrogen (secondary N) is 2. The quantitative estimate of drug-likeness (QED) is 0.823. The number of hydrogen-bond donors (Lipinski definition) is 2. The van der Waals surface area contributed by atoms with Crippen LogP contribution >= 0.6 is 11.6 Å². The number of benzene rings is 1. The average Bonchev–Trinajstić information content (AvgIpc) is 3.29. The highest BCUT2D eigenvalue weighted by Crippen LogP contribution is 2.30. The Balaban J connectivity index is 1.68. The van der Waals surface area contributed by atoms with Crippen molar-refractivity contribution in [1.29, 1.82) is 0 Å². The van der Waals surface area contributed by atoms with Gasteiger partial charge < -0.3 is 14.5 Å². The van der Waals surface area contributed by atoms with Gasteiger partial charge in [-0.05, 0) is 31.4 Å². The molecule has 1 saturated carbocycles. The first kappa shape index (κ1) is 16.3. The zero-order chi connectivity index (χ0) is 17.3. The third-order valence-electron chi connectivity index (χ3n) is 3.53. The van der Waals surface area contributed by atoms with Gasteiger partial charge in [0.15, 0.2) is 6.61 Å². The second kappa shape index (κ2) is 6.52. The fraction of sp³-hybridized carbons (Fsp3) is 0.312. The lowest BCUT2D eigenvalue weighted by Gasteiger charge is -2.10. The Morgan fingerprint density at radius 1 is 1.33 bits per heavy atom. The van der Waals surface area contributed by atoms with E-state index < -0.39 is 17.6 Å². The Morgan fingerprint density at radius 3 is 2.79 bits per heavy atom. The van der Waals surface area contributed by atoms with Gasteiger partial charge >= 0.3 is 11.7 Å². The van der Waals surface area contributed by atoms with Crippen LogP contribution in [0.5, 0.6) is 5.75 Å². The van der Waals surface area contributed by atoms with Gasteiger partial charge in [0.25, 0.3) is 5.91 Å². The number of aryl methyl sites for hydroxylation is 1. The standard InChI is InChI=1S/C16H15ClN2O5/c1-8-4-15(21)24-12-6-13(11(17)5-10(8)12)23-7-14(20)19-16(22)18-9-2-3-9/h4-6,9H,2-3,7H2,1H3,(H2,18,19,20,22). The predicted molar refractivity (Wildman–Crippen MR) is 87.4 cm³/mol. The number of halogens is 1. The maximum absolute atomic E-state index is 11.7. The molecule has 0 aliphatic heterocycles. The van der Waals surface area contributed by atoms with Crippen molar-refractivity contribution < 1.29 is 18.7 Å². The number of ether oxygens (including phenoxy) is 1. The van der Waals surface area contributed by atoms with E-state index in [1.54, 1.807) is 13.0 Å². The summed E-state index contributed by atoms with van der Waals surface area (Å²) in [5.74, 6) is -0.411. The third kappa shape index (κ3) is 3.86. The fourth-order valence-electron chi connectivity index (χ4n) is 2.19. The van der Waals surface area contributed by atoms with Gasteiger partial charge in [0.2, 0.25) is 0 Å². The number of hydrogen-bond acceptors (Lipinski definition) is 5. The van der Waals surface area contributed by atoms with E-state index in [1.165, 1.54) is 12.1 Å². The van der Waals surface area contributed by atoms with Crippen molar-refractivity contribution in [2.24, 2.45) is 0 Å². The van der Waals surface area contributed by atoms with Gasteiger partial charge in [-0.2, -0.15) is 0 Å². The van der Waals surface area contributed by atoms with Crippen LogP contribution in [0.3, 0.4) is 0 Å². The Morgan fingerprint density at radius 2 is 2.08 bits per heavy atom. The van der Waals surface area contributed by atoms with Gasteiger partial charge in [-0.15, -0.1) is 0 Å². The summed E-state index contributed by atoms with van der Waals surface area (Å²) in [4.78, 5) is 34.6. The largest absolute Gasteiger partial charge is 0.482 e. The Hall–Kier alpha value is -2.54.